The third kappa shape index (κ3) is 2.84. The molecule has 0 aliphatic rings. The number of halogens is 3. The molecule has 3 nitrogen and oxygen atoms in total. The fourth-order valence-corrected chi connectivity index (χ4v) is 2.82. The van der Waals surface area contributed by atoms with E-state index in [1.54, 1.807) is 0 Å². The van der Waals surface area contributed by atoms with Gasteiger partial charge in [-0.15, -0.1) is 11.3 Å². The number of alkyl halides is 3. The SMILES string of the molecule is CCC(CC)(OC)C(N)c1cnc(C(F)(F)F)s1. The quantitative estimate of drug-likeness (QED) is 0.900. The van der Waals surface area contributed by atoms with Gasteiger partial charge in [-0.25, -0.2) is 4.98 Å². The number of aromatic nitrogens is 1. The van der Waals surface area contributed by atoms with E-state index in [9.17, 15) is 13.2 Å². The minimum Gasteiger partial charge on any atom is -0.376 e. The molecule has 0 saturated carbocycles. The van der Waals surface area contributed by atoms with E-state index in [-0.39, 0.29) is 0 Å². The molecular weight excluding hydrogens is 265 g/mol. The lowest BCUT2D eigenvalue weighted by atomic mass is 9.88. The Labute approximate surface area is 108 Å². The third-order valence-corrected chi connectivity index (χ3v) is 4.37. The van der Waals surface area contributed by atoms with Gasteiger partial charge >= 0.3 is 6.18 Å². The van der Waals surface area contributed by atoms with E-state index < -0.39 is 22.8 Å². The highest BCUT2D eigenvalue weighted by Gasteiger charge is 2.39. The molecule has 1 aromatic heterocycles. The van der Waals surface area contributed by atoms with E-state index >= 15 is 0 Å². The van der Waals surface area contributed by atoms with Gasteiger partial charge in [0.25, 0.3) is 0 Å². The van der Waals surface area contributed by atoms with Gasteiger partial charge in [-0.05, 0) is 12.8 Å². The molecule has 7 heteroatoms. The molecule has 104 valence electrons. The smallest absolute Gasteiger partial charge is 0.376 e. The lowest BCUT2D eigenvalue weighted by Gasteiger charge is -2.35. The van der Waals surface area contributed by atoms with Crippen molar-refractivity contribution >= 4 is 11.3 Å². The molecule has 2 N–H and O–H groups in total. The topological polar surface area (TPSA) is 48.1 Å². The van der Waals surface area contributed by atoms with Gasteiger partial charge in [0.15, 0.2) is 5.01 Å². The van der Waals surface area contributed by atoms with E-state index in [4.69, 9.17) is 10.5 Å². The number of hydrogen-bond donors (Lipinski definition) is 1. The minimum atomic E-state index is -4.42. The highest BCUT2D eigenvalue weighted by atomic mass is 32.1. The molecule has 1 aromatic rings. The Morgan fingerprint density at radius 1 is 1.39 bits per heavy atom. The van der Waals surface area contributed by atoms with Gasteiger partial charge in [0.2, 0.25) is 0 Å². The van der Waals surface area contributed by atoms with Crippen molar-refractivity contribution in [1.82, 2.24) is 4.98 Å². The largest absolute Gasteiger partial charge is 0.443 e. The van der Waals surface area contributed by atoms with E-state index in [2.05, 4.69) is 4.98 Å². The van der Waals surface area contributed by atoms with Crippen LogP contribution in [0.4, 0.5) is 13.2 Å². The standard InChI is InChI=1S/C11H17F3N2OS/c1-4-10(5-2,17-3)8(15)7-6-16-9(18-7)11(12,13)14/h6,8H,4-5,15H2,1-3H3. The molecule has 0 spiro atoms. The van der Waals surface area contributed by atoms with E-state index in [1.807, 2.05) is 13.8 Å². The molecule has 0 aliphatic heterocycles. The molecule has 0 amide bonds. The Kier molecular flexibility index (Phi) is 4.74. The molecule has 18 heavy (non-hydrogen) atoms. The van der Waals surface area contributed by atoms with Crippen LogP contribution in [0.2, 0.25) is 0 Å². The summed E-state index contributed by atoms with van der Waals surface area (Å²) in [6, 6.07) is -0.605. The van der Waals surface area contributed by atoms with Gasteiger partial charge in [0, 0.05) is 18.2 Å². The van der Waals surface area contributed by atoms with Crippen molar-refractivity contribution in [2.45, 2.75) is 44.5 Å². The minimum absolute atomic E-state index is 0.396. The average molecular weight is 282 g/mol. The zero-order valence-corrected chi connectivity index (χ0v) is 11.4. The van der Waals surface area contributed by atoms with Crippen LogP contribution in [0.25, 0.3) is 0 Å². The van der Waals surface area contributed by atoms with Crippen LogP contribution in [-0.2, 0) is 10.9 Å². The van der Waals surface area contributed by atoms with Crippen molar-refractivity contribution < 1.29 is 17.9 Å². The fraction of sp³-hybridized carbons (Fsp3) is 0.727. The molecule has 0 aliphatic carbocycles. The molecule has 1 atom stereocenters. The lowest BCUT2D eigenvalue weighted by molar-refractivity contribution is -0.137. The maximum atomic E-state index is 12.5. The highest BCUT2D eigenvalue weighted by molar-refractivity contribution is 7.11. The normalized spacial score (nSPS) is 14.8. The maximum Gasteiger partial charge on any atom is 0.443 e. The van der Waals surface area contributed by atoms with Crippen LogP contribution in [0, 0.1) is 0 Å². The number of rotatable bonds is 5. The number of ether oxygens (including phenoxy) is 1. The van der Waals surface area contributed by atoms with Crippen molar-refractivity contribution in [3.8, 4) is 0 Å². The molecule has 0 radical (unpaired) electrons. The van der Waals surface area contributed by atoms with Crippen LogP contribution in [0.1, 0.15) is 42.6 Å². The number of nitrogens with zero attached hydrogens (tertiary/aromatic N) is 1. The summed E-state index contributed by atoms with van der Waals surface area (Å²) in [5, 5.41) is -0.870. The van der Waals surface area contributed by atoms with Gasteiger partial charge in [-0.3, -0.25) is 0 Å². The summed E-state index contributed by atoms with van der Waals surface area (Å²) in [4.78, 5) is 3.78. The number of methoxy groups -OCH3 is 1. The number of hydrogen-bond acceptors (Lipinski definition) is 4. The van der Waals surface area contributed by atoms with Crippen LogP contribution in [0.3, 0.4) is 0 Å². The maximum absolute atomic E-state index is 12.5. The molecule has 0 saturated heterocycles. The van der Waals surface area contributed by atoms with E-state index in [1.165, 1.54) is 13.3 Å². The average Bonchev–Trinajstić information content (AvgIpc) is 2.80. The summed E-state index contributed by atoms with van der Waals surface area (Å²) >= 11 is 0.580. The van der Waals surface area contributed by atoms with Crippen LogP contribution in [-0.4, -0.2) is 17.7 Å². The lowest BCUT2D eigenvalue weighted by Crippen LogP contribution is -2.41. The second-order valence-electron chi connectivity index (χ2n) is 4.02. The zero-order valence-electron chi connectivity index (χ0n) is 10.5. The van der Waals surface area contributed by atoms with Crippen molar-refractivity contribution in [3.63, 3.8) is 0 Å². The Morgan fingerprint density at radius 2 is 1.94 bits per heavy atom. The van der Waals surface area contributed by atoms with Crippen LogP contribution >= 0.6 is 11.3 Å². The van der Waals surface area contributed by atoms with Crippen LogP contribution in [0.5, 0.6) is 0 Å². The summed E-state index contributed by atoms with van der Waals surface area (Å²) < 4.78 is 42.9. The van der Waals surface area contributed by atoms with Gasteiger partial charge in [0.05, 0.1) is 11.6 Å². The van der Waals surface area contributed by atoms with Crippen molar-refractivity contribution in [3.05, 3.63) is 16.1 Å². The second-order valence-corrected chi connectivity index (χ2v) is 5.08. The predicted octanol–water partition coefficient (Wildman–Crippen LogP) is 3.37. The number of nitrogens with two attached hydrogens (primary N) is 1. The van der Waals surface area contributed by atoms with Crippen LogP contribution in [0.15, 0.2) is 6.20 Å². The Morgan fingerprint density at radius 3 is 2.28 bits per heavy atom. The number of thiazole rings is 1. The van der Waals surface area contributed by atoms with E-state index in [0.717, 1.165) is 0 Å². The van der Waals surface area contributed by atoms with Gasteiger partial charge in [0.1, 0.15) is 0 Å². The molecule has 1 rings (SSSR count). The van der Waals surface area contributed by atoms with E-state index in [0.29, 0.717) is 29.1 Å². The monoisotopic (exact) mass is 282 g/mol. The fourth-order valence-electron chi connectivity index (χ4n) is 1.93. The zero-order chi connectivity index (χ0) is 14.0. The Bertz CT molecular complexity index is 380. The van der Waals surface area contributed by atoms with Crippen molar-refractivity contribution in [1.29, 1.82) is 0 Å². The summed E-state index contributed by atoms with van der Waals surface area (Å²) in [5.74, 6) is 0. The van der Waals surface area contributed by atoms with Crippen molar-refractivity contribution in [2.75, 3.05) is 7.11 Å². The molecular formula is C11H17F3N2OS. The molecule has 1 heterocycles. The first-order valence-electron chi connectivity index (χ1n) is 5.64. The highest BCUT2D eigenvalue weighted by Crippen LogP contribution is 2.39. The Balaban J connectivity index is 3.03. The summed E-state index contributed by atoms with van der Waals surface area (Å²) in [6.45, 7) is 3.80. The predicted molar refractivity (Wildman–Crippen MR) is 64.4 cm³/mol. The molecule has 0 bridgehead atoms. The van der Waals surface area contributed by atoms with Gasteiger partial charge in [-0.1, -0.05) is 13.8 Å². The van der Waals surface area contributed by atoms with Crippen LogP contribution < -0.4 is 5.73 Å². The summed E-state index contributed by atoms with van der Waals surface area (Å²) in [7, 11) is 1.53. The molecule has 0 fully saturated rings. The summed E-state index contributed by atoms with van der Waals surface area (Å²) in [6.07, 6.45) is -1.98. The van der Waals surface area contributed by atoms with Gasteiger partial charge in [-0.2, -0.15) is 13.2 Å². The first kappa shape index (κ1) is 15.4. The first-order valence-corrected chi connectivity index (χ1v) is 6.46. The second kappa shape index (κ2) is 5.54. The van der Waals surface area contributed by atoms with Crippen molar-refractivity contribution in [2.24, 2.45) is 5.73 Å². The summed E-state index contributed by atoms with van der Waals surface area (Å²) in [5.41, 5.74) is 5.40. The molecule has 1 unspecified atom stereocenters. The van der Waals surface area contributed by atoms with Gasteiger partial charge < -0.3 is 10.5 Å². The Hall–Kier alpha value is -0.660. The first-order chi connectivity index (χ1) is 8.30. The molecule has 0 aromatic carbocycles. The third-order valence-electron chi connectivity index (χ3n) is 3.24.